The standard InChI is InChI=1S/C17H21FN4S/c1-9-7-10(2)15(11(3)8-9)22-17(23)21-13-6-5-12(18)14(19)16(13)20-4/h5-8,20H,19H2,1-4H3,(H2,21,22,23). The molecule has 5 N–H and O–H groups in total. The van der Waals surface area contributed by atoms with Gasteiger partial charge in [-0.2, -0.15) is 0 Å². The molecule has 0 aliphatic rings. The fourth-order valence-corrected chi connectivity index (χ4v) is 2.82. The van der Waals surface area contributed by atoms with Crippen molar-refractivity contribution in [3.05, 3.63) is 46.8 Å². The van der Waals surface area contributed by atoms with Gasteiger partial charge in [-0.15, -0.1) is 0 Å². The second-order valence-corrected chi connectivity index (χ2v) is 5.89. The summed E-state index contributed by atoms with van der Waals surface area (Å²) in [7, 11) is 1.68. The Morgan fingerprint density at radius 1 is 1.04 bits per heavy atom. The lowest BCUT2D eigenvalue weighted by molar-refractivity contribution is 0.633. The van der Waals surface area contributed by atoms with Crippen molar-refractivity contribution in [2.75, 3.05) is 28.7 Å². The molecule has 0 aromatic heterocycles. The van der Waals surface area contributed by atoms with E-state index in [0.717, 1.165) is 16.8 Å². The van der Waals surface area contributed by atoms with E-state index < -0.39 is 5.82 Å². The van der Waals surface area contributed by atoms with Gasteiger partial charge in [-0.05, 0) is 56.2 Å². The molecule has 0 radical (unpaired) electrons. The zero-order valence-corrected chi connectivity index (χ0v) is 14.5. The van der Waals surface area contributed by atoms with Gasteiger partial charge in [0.15, 0.2) is 5.11 Å². The molecule has 0 fully saturated rings. The topological polar surface area (TPSA) is 62.1 Å². The molecule has 0 atom stereocenters. The molecule has 2 aromatic carbocycles. The molecule has 23 heavy (non-hydrogen) atoms. The molecule has 0 spiro atoms. The smallest absolute Gasteiger partial charge is 0.175 e. The molecule has 122 valence electrons. The van der Waals surface area contributed by atoms with Crippen molar-refractivity contribution in [2.45, 2.75) is 20.8 Å². The maximum Gasteiger partial charge on any atom is 0.175 e. The Morgan fingerprint density at radius 3 is 2.22 bits per heavy atom. The zero-order chi connectivity index (χ0) is 17.1. The molecule has 2 aromatic rings. The van der Waals surface area contributed by atoms with Crippen LogP contribution < -0.4 is 21.7 Å². The van der Waals surface area contributed by atoms with E-state index in [1.165, 1.54) is 11.6 Å². The first-order chi connectivity index (χ1) is 10.8. The number of hydrogen-bond acceptors (Lipinski definition) is 3. The Balaban J connectivity index is 2.23. The van der Waals surface area contributed by atoms with E-state index in [2.05, 4.69) is 35.0 Å². The van der Waals surface area contributed by atoms with Crippen LogP contribution in [0.4, 0.5) is 27.1 Å². The van der Waals surface area contributed by atoms with E-state index in [4.69, 9.17) is 18.0 Å². The summed E-state index contributed by atoms with van der Waals surface area (Å²) in [6.45, 7) is 6.11. The van der Waals surface area contributed by atoms with E-state index in [1.54, 1.807) is 13.1 Å². The van der Waals surface area contributed by atoms with Crippen LogP contribution in [0.15, 0.2) is 24.3 Å². The Bertz CT molecular complexity index is 735. The van der Waals surface area contributed by atoms with Gasteiger partial charge in [0.1, 0.15) is 5.82 Å². The minimum absolute atomic E-state index is 0.0583. The lowest BCUT2D eigenvalue weighted by Crippen LogP contribution is -2.21. The Hall–Kier alpha value is -2.34. The molecule has 0 unspecified atom stereocenters. The van der Waals surface area contributed by atoms with Crippen LogP contribution in [0.25, 0.3) is 0 Å². The molecule has 2 rings (SSSR count). The monoisotopic (exact) mass is 332 g/mol. The van der Waals surface area contributed by atoms with Crippen molar-refractivity contribution in [1.29, 1.82) is 0 Å². The highest BCUT2D eigenvalue weighted by Gasteiger charge is 2.12. The first kappa shape index (κ1) is 17.0. The van der Waals surface area contributed by atoms with Gasteiger partial charge in [0.05, 0.1) is 17.1 Å². The Morgan fingerprint density at radius 2 is 1.65 bits per heavy atom. The third-order valence-electron chi connectivity index (χ3n) is 3.61. The Kier molecular flexibility index (Phi) is 5.05. The summed E-state index contributed by atoms with van der Waals surface area (Å²) in [4.78, 5) is 0. The number of anilines is 4. The van der Waals surface area contributed by atoms with E-state index in [0.29, 0.717) is 16.5 Å². The Labute approximate surface area is 141 Å². The number of rotatable bonds is 3. The summed E-state index contributed by atoms with van der Waals surface area (Å²) in [5, 5.41) is 9.56. The van der Waals surface area contributed by atoms with Gasteiger partial charge in [0.25, 0.3) is 0 Å². The molecule has 0 saturated heterocycles. The minimum Gasteiger partial charge on any atom is -0.395 e. The molecule has 4 nitrogen and oxygen atoms in total. The summed E-state index contributed by atoms with van der Waals surface area (Å²) in [5.74, 6) is -0.469. The minimum atomic E-state index is -0.469. The summed E-state index contributed by atoms with van der Waals surface area (Å²) >= 11 is 5.37. The molecule has 0 amide bonds. The fourth-order valence-electron chi connectivity index (χ4n) is 2.61. The number of nitrogens with one attached hydrogen (secondary N) is 3. The molecular weight excluding hydrogens is 311 g/mol. The maximum absolute atomic E-state index is 13.5. The molecule has 0 saturated carbocycles. The third-order valence-corrected chi connectivity index (χ3v) is 3.81. The van der Waals surface area contributed by atoms with Gasteiger partial charge >= 0.3 is 0 Å². The highest BCUT2D eigenvalue weighted by molar-refractivity contribution is 7.80. The fraction of sp³-hybridized carbons (Fsp3) is 0.235. The summed E-state index contributed by atoms with van der Waals surface area (Å²) in [6.07, 6.45) is 0. The second-order valence-electron chi connectivity index (χ2n) is 5.49. The van der Waals surface area contributed by atoms with Gasteiger partial charge in [0, 0.05) is 12.7 Å². The summed E-state index contributed by atoms with van der Waals surface area (Å²) in [6, 6.07) is 7.09. The average Bonchev–Trinajstić information content (AvgIpc) is 2.47. The quantitative estimate of drug-likeness (QED) is 0.502. The van der Waals surface area contributed by atoms with Crippen molar-refractivity contribution in [2.24, 2.45) is 0 Å². The van der Waals surface area contributed by atoms with Crippen LogP contribution in [0.3, 0.4) is 0 Å². The van der Waals surface area contributed by atoms with Crippen LogP contribution in [0.2, 0.25) is 0 Å². The van der Waals surface area contributed by atoms with Crippen molar-refractivity contribution < 1.29 is 4.39 Å². The van der Waals surface area contributed by atoms with E-state index in [-0.39, 0.29) is 5.69 Å². The van der Waals surface area contributed by atoms with Gasteiger partial charge in [-0.1, -0.05) is 17.7 Å². The van der Waals surface area contributed by atoms with Crippen molar-refractivity contribution in [3.63, 3.8) is 0 Å². The van der Waals surface area contributed by atoms with E-state index in [9.17, 15) is 4.39 Å². The van der Waals surface area contributed by atoms with Gasteiger partial charge in [-0.25, -0.2) is 4.39 Å². The van der Waals surface area contributed by atoms with E-state index >= 15 is 0 Å². The van der Waals surface area contributed by atoms with Gasteiger partial charge in [-0.3, -0.25) is 0 Å². The summed E-state index contributed by atoms with van der Waals surface area (Å²) < 4.78 is 13.5. The van der Waals surface area contributed by atoms with Crippen LogP contribution in [0, 0.1) is 26.6 Å². The number of nitrogens with two attached hydrogens (primary N) is 1. The molecular formula is C17H21FN4S. The number of nitrogen functional groups attached to an aromatic ring is 1. The highest BCUT2D eigenvalue weighted by Crippen LogP contribution is 2.30. The zero-order valence-electron chi connectivity index (χ0n) is 13.7. The van der Waals surface area contributed by atoms with Crippen molar-refractivity contribution >= 4 is 40.1 Å². The van der Waals surface area contributed by atoms with Crippen LogP contribution in [-0.4, -0.2) is 12.2 Å². The SMILES string of the molecule is CNc1c(NC(=S)Nc2c(C)cc(C)cc2C)ccc(F)c1N. The first-order valence-electron chi connectivity index (χ1n) is 7.25. The number of thiocarbonyl (C=S) groups is 1. The number of hydrogen-bond donors (Lipinski definition) is 4. The maximum atomic E-state index is 13.5. The van der Waals surface area contributed by atoms with E-state index in [1.807, 2.05) is 13.8 Å². The molecule has 6 heteroatoms. The van der Waals surface area contributed by atoms with Crippen LogP contribution in [0.5, 0.6) is 0 Å². The van der Waals surface area contributed by atoms with Crippen LogP contribution in [-0.2, 0) is 0 Å². The predicted octanol–water partition coefficient (Wildman–Crippen LogP) is 4.18. The molecule has 0 bridgehead atoms. The molecule has 0 aliphatic carbocycles. The lowest BCUT2D eigenvalue weighted by atomic mass is 10.1. The largest absolute Gasteiger partial charge is 0.395 e. The van der Waals surface area contributed by atoms with Crippen molar-refractivity contribution in [1.82, 2.24) is 0 Å². The lowest BCUT2D eigenvalue weighted by Gasteiger charge is -2.18. The number of benzene rings is 2. The molecule has 0 aliphatic heterocycles. The molecule has 0 heterocycles. The van der Waals surface area contributed by atoms with Gasteiger partial charge in [0.2, 0.25) is 0 Å². The first-order valence-corrected chi connectivity index (χ1v) is 7.66. The summed E-state index contributed by atoms with van der Waals surface area (Å²) in [5.41, 5.74) is 11.3. The predicted molar refractivity (Wildman–Crippen MR) is 101 cm³/mol. The van der Waals surface area contributed by atoms with Crippen LogP contribution >= 0.6 is 12.2 Å². The average molecular weight is 332 g/mol. The number of aryl methyl sites for hydroxylation is 3. The third kappa shape index (κ3) is 3.71. The number of halogens is 1. The van der Waals surface area contributed by atoms with Crippen molar-refractivity contribution in [3.8, 4) is 0 Å². The van der Waals surface area contributed by atoms with Gasteiger partial charge < -0.3 is 21.7 Å². The van der Waals surface area contributed by atoms with Crippen LogP contribution in [0.1, 0.15) is 16.7 Å². The second kappa shape index (κ2) is 6.83. The normalized spacial score (nSPS) is 10.3. The highest BCUT2D eigenvalue weighted by atomic mass is 32.1.